The van der Waals surface area contributed by atoms with Crippen molar-refractivity contribution in [2.45, 2.75) is 31.9 Å². The van der Waals surface area contributed by atoms with Gasteiger partial charge in [-0.25, -0.2) is 13.1 Å². The summed E-state index contributed by atoms with van der Waals surface area (Å²) in [7, 11) is -3.34. The van der Waals surface area contributed by atoms with Gasteiger partial charge in [-0.15, -0.1) is 0 Å². The van der Waals surface area contributed by atoms with Gasteiger partial charge < -0.3 is 9.47 Å². The van der Waals surface area contributed by atoms with Gasteiger partial charge in [-0.1, -0.05) is 42.8 Å². The van der Waals surface area contributed by atoms with E-state index in [1.807, 2.05) is 49.4 Å². The molecular formula is C20H25NO4S. The first-order chi connectivity index (χ1) is 12.4. The number of ether oxygens (including phenoxy) is 2. The fraction of sp³-hybridized carbons (Fsp3) is 0.400. The average Bonchev–Trinajstić information content (AvgIpc) is 2.60. The summed E-state index contributed by atoms with van der Waals surface area (Å²) in [6.45, 7) is 5.58. The quantitative estimate of drug-likeness (QED) is 0.806. The minimum atomic E-state index is -3.34. The summed E-state index contributed by atoms with van der Waals surface area (Å²) in [4.78, 5) is 0. The molecule has 0 fully saturated rings. The third-order valence-electron chi connectivity index (χ3n) is 4.47. The zero-order valence-corrected chi connectivity index (χ0v) is 16.0. The lowest BCUT2D eigenvalue weighted by Crippen LogP contribution is -2.27. The summed E-state index contributed by atoms with van der Waals surface area (Å²) in [6.07, 6.45) is 0.715. The molecule has 5 nitrogen and oxygen atoms in total. The molecule has 1 N–H and O–H groups in total. The molecule has 2 aromatic carbocycles. The second-order valence-electron chi connectivity index (χ2n) is 6.74. The minimum Gasteiger partial charge on any atom is -0.486 e. The predicted octanol–water partition coefficient (Wildman–Crippen LogP) is 3.38. The van der Waals surface area contributed by atoms with Gasteiger partial charge in [0, 0.05) is 6.54 Å². The highest BCUT2D eigenvalue weighted by atomic mass is 32.2. The average molecular weight is 375 g/mol. The summed E-state index contributed by atoms with van der Waals surface area (Å²) in [5.41, 5.74) is 2.98. The van der Waals surface area contributed by atoms with Crippen LogP contribution in [-0.2, 0) is 15.8 Å². The fourth-order valence-corrected chi connectivity index (χ4v) is 4.19. The Labute approximate surface area is 155 Å². The van der Waals surface area contributed by atoms with E-state index >= 15 is 0 Å². The second kappa shape index (κ2) is 8.10. The van der Waals surface area contributed by atoms with Gasteiger partial charge in [0.15, 0.2) is 11.5 Å². The molecule has 1 aliphatic heterocycles. The number of nitrogens with one attached hydrogen (secondary N) is 1. The van der Waals surface area contributed by atoms with Gasteiger partial charge in [0.1, 0.15) is 13.2 Å². The number of aryl methyl sites for hydroxylation is 1. The molecule has 1 unspecified atom stereocenters. The molecule has 0 aromatic heterocycles. The summed E-state index contributed by atoms with van der Waals surface area (Å²) in [5, 5.41) is 0. The van der Waals surface area contributed by atoms with Crippen LogP contribution >= 0.6 is 0 Å². The molecule has 2 aromatic rings. The Morgan fingerprint density at radius 1 is 1.08 bits per heavy atom. The van der Waals surface area contributed by atoms with Gasteiger partial charge >= 0.3 is 0 Å². The first-order valence-electron chi connectivity index (χ1n) is 8.85. The molecule has 0 saturated heterocycles. The van der Waals surface area contributed by atoms with Crippen molar-refractivity contribution in [3.05, 3.63) is 59.2 Å². The highest BCUT2D eigenvalue weighted by molar-refractivity contribution is 7.88. The molecule has 140 valence electrons. The van der Waals surface area contributed by atoms with E-state index in [0.29, 0.717) is 26.2 Å². The number of hydrogen-bond acceptors (Lipinski definition) is 4. The van der Waals surface area contributed by atoms with Gasteiger partial charge in [-0.2, -0.15) is 0 Å². The van der Waals surface area contributed by atoms with E-state index in [2.05, 4.69) is 11.6 Å². The van der Waals surface area contributed by atoms with Gasteiger partial charge in [0.05, 0.1) is 5.75 Å². The number of sulfonamides is 1. The SMILES string of the molecule is Cc1cccc(CS(=O)(=O)NCCC(C)c2ccc3c(c2)OCCO3)c1. The maximum absolute atomic E-state index is 12.3. The van der Waals surface area contributed by atoms with Crippen LogP contribution in [0, 0.1) is 6.92 Å². The van der Waals surface area contributed by atoms with Crippen LogP contribution in [-0.4, -0.2) is 28.2 Å². The van der Waals surface area contributed by atoms with Gasteiger partial charge in [0.25, 0.3) is 0 Å². The summed E-state index contributed by atoms with van der Waals surface area (Å²) in [5.74, 6) is 1.76. The van der Waals surface area contributed by atoms with Crippen molar-refractivity contribution in [3.8, 4) is 11.5 Å². The molecule has 1 atom stereocenters. The topological polar surface area (TPSA) is 64.6 Å². The molecule has 0 spiro atoms. The molecule has 0 bridgehead atoms. The van der Waals surface area contributed by atoms with Gasteiger partial charge in [-0.3, -0.25) is 0 Å². The maximum Gasteiger partial charge on any atom is 0.215 e. The third kappa shape index (κ3) is 4.99. The van der Waals surface area contributed by atoms with E-state index in [4.69, 9.17) is 9.47 Å². The van der Waals surface area contributed by atoms with E-state index in [9.17, 15) is 8.42 Å². The Morgan fingerprint density at radius 3 is 2.62 bits per heavy atom. The first kappa shape index (κ1) is 18.7. The van der Waals surface area contributed by atoms with Crippen LogP contribution < -0.4 is 14.2 Å². The molecule has 0 aliphatic carbocycles. The van der Waals surface area contributed by atoms with E-state index in [-0.39, 0.29) is 11.7 Å². The lowest BCUT2D eigenvalue weighted by atomic mass is 9.97. The highest BCUT2D eigenvalue weighted by Crippen LogP contribution is 2.33. The Bertz CT molecular complexity index is 864. The van der Waals surface area contributed by atoms with Crippen molar-refractivity contribution < 1.29 is 17.9 Å². The van der Waals surface area contributed by atoms with Crippen molar-refractivity contribution in [2.75, 3.05) is 19.8 Å². The fourth-order valence-electron chi connectivity index (χ4n) is 3.04. The van der Waals surface area contributed by atoms with E-state index in [1.54, 1.807) is 0 Å². The van der Waals surface area contributed by atoms with Crippen molar-refractivity contribution in [1.82, 2.24) is 4.72 Å². The molecule has 6 heteroatoms. The van der Waals surface area contributed by atoms with E-state index in [0.717, 1.165) is 28.2 Å². The molecule has 1 aliphatic rings. The van der Waals surface area contributed by atoms with Crippen LogP contribution in [0.1, 0.15) is 36.0 Å². The maximum atomic E-state index is 12.3. The Hall–Kier alpha value is -2.05. The number of hydrogen-bond donors (Lipinski definition) is 1. The van der Waals surface area contributed by atoms with Crippen LogP contribution in [0.3, 0.4) is 0 Å². The van der Waals surface area contributed by atoms with Crippen molar-refractivity contribution in [1.29, 1.82) is 0 Å². The predicted molar refractivity (Wildman–Crippen MR) is 102 cm³/mol. The zero-order chi connectivity index (χ0) is 18.6. The monoisotopic (exact) mass is 375 g/mol. The van der Waals surface area contributed by atoms with Crippen molar-refractivity contribution in [2.24, 2.45) is 0 Å². The molecule has 0 saturated carbocycles. The number of rotatable bonds is 7. The van der Waals surface area contributed by atoms with Crippen LogP contribution in [0.5, 0.6) is 11.5 Å². The van der Waals surface area contributed by atoms with E-state index in [1.165, 1.54) is 0 Å². The van der Waals surface area contributed by atoms with Gasteiger partial charge in [0.2, 0.25) is 10.0 Å². The minimum absolute atomic E-state index is 0.00703. The normalized spacial score (nSPS) is 14.8. The third-order valence-corrected chi connectivity index (χ3v) is 5.83. The molecule has 26 heavy (non-hydrogen) atoms. The largest absolute Gasteiger partial charge is 0.486 e. The highest BCUT2D eigenvalue weighted by Gasteiger charge is 2.16. The van der Waals surface area contributed by atoms with E-state index < -0.39 is 10.0 Å². The zero-order valence-electron chi connectivity index (χ0n) is 15.2. The van der Waals surface area contributed by atoms with Crippen LogP contribution in [0.25, 0.3) is 0 Å². The summed E-state index contributed by atoms with van der Waals surface area (Å²) in [6, 6.07) is 13.5. The van der Waals surface area contributed by atoms with Gasteiger partial charge in [-0.05, 0) is 42.5 Å². The Morgan fingerprint density at radius 2 is 1.85 bits per heavy atom. The molecular weight excluding hydrogens is 350 g/mol. The number of fused-ring (bicyclic) bond motifs is 1. The number of benzene rings is 2. The second-order valence-corrected chi connectivity index (χ2v) is 8.54. The van der Waals surface area contributed by atoms with Crippen LogP contribution in [0.2, 0.25) is 0 Å². The van der Waals surface area contributed by atoms with Crippen LogP contribution in [0.4, 0.5) is 0 Å². The molecule has 0 radical (unpaired) electrons. The standard InChI is InChI=1S/C20H25NO4S/c1-15-4-3-5-17(12-15)14-26(22,23)21-9-8-16(2)18-6-7-19-20(13-18)25-11-10-24-19/h3-7,12-13,16,21H,8-11,14H2,1-2H3. The Kier molecular flexibility index (Phi) is 5.84. The summed E-state index contributed by atoms with van der Waals surface area (Å²) >= 11 is 0. The first-order valence-corrected chi connectivity index (χ1v) is 10.5. The summed E-state index contributed by atoms with van der Waals surface area (Å²) < 4.78 is 38.4. The lowest BCUT2D eigenvalue weighted by molar-refractivity contribution is 0.171. The Balaban J connectivity index is 1.53. The molecule has 0 amide bonds. The smallest absolute Gasteiger partial charge is 0.215 e. The molecule has 3 rings (SSSR count). The van der Waals surface area contributed by atoms with Crippen LogP contribution in [0.15, 0.2) is 42.5 Å². The molecule has 1 heterocycles. The lowest BCUT2D eigenvalue weighted by Gasteiger charge is -2.20. The van der Waals surface area contributed by atoms with Crippen molar-refractivity contribution in [3.63, 3.8) is 0 Å². The van der Waals surface area contributed by atoms with Crippen molar-refractivity contribution >= 4 is 10.0 Å².